The molecule has 27 heavy (non-hydrogen) atoms. The molecule has 1 fully saturated rings. The molecule has 0 radical (unpaired) electrons. The molecule has 2 aromatic rings. The van der Waals surface area contributed by atoms with Gasteiger partial charge < -0.3 is 15.0 Å². The highest BCUT2D eigenvalue weighted by Crippen LogP contribution is 2.23. The van der Waals surface area contributed by atoms with Crippen LogP contribution in [0, 0.1) is 6.92 Å². The summed E-state index contributed by atoms with van der Waals surface area (Å²) in [5, 5.41) is 2.90. The number of rotatable bonds is 5. The zero-order valence-corrected chi connectivity index (χ0v) is 16.0. The minimum absolute atomic E-state index is 0.0199. The second kappa shape index (κ2) is 8.71. The van der Waals surface area contributed by atoms with E-state index >= 15 is 0 Å². The van der Waals surface area contributed by atoms with E-state index in [0.29, 0.717) is 23.4 Å². The number of benzene rings is 2. The highest BCUT2D eigenvalue weighted by atomic mass is 16.5. The Morgan fingerprint density at radius 2 is 1.81 bits per heavy atom. The Bertz CT molecular complexity index is 826. The molecule has 0 saturated carbocycles. The van der Waals surface area contributed by atoms with Gasteiger partial charge in [-0.2, -0.15) is 0 Å². The van der Waals surface area contributed by atoms with E-state index < -0.39 is 0 Å². The molecule has 0 aromatic heterocycles. The maximum absolute atomic E-state index is 12.9. The Labute approximate surface area is 160 Å². The zero-order valence-electron chi connectivity index (χ0n) is 16.0. The number of aryl methyl sites for hydroxylation is 1. The van der Waals surface area contributed by atoms with Crippen LogP contribution in [0.2, 0.25) is 0 Å². The highest BCUT2D eigenvalue weighted by Gasteiger charge is 2.21. The van der Waals surface area contributed by atoms with Gasteiger partial charge in [0, 0.05) is 18.7 Å². The SMILES string of the molecule is CCOc1ccc(C(=O)Nc2ccccc2C(=O)N2CCCCC2)cc1C. The van der Waals surface area contributed by atoms with Crippen molar-refractivity contribution in [3.8, 4) is 5.75 Å². The molecule has 1 N–H and O–H groups in total. The van der Waals surface area contributed by atoms with Crippen LogP contribution in [0.25, 0.3) is 0 Å². The van der Waals surface area contributed by atoms with E-state index in [2.05, 4.69) is 5.32 Å². The lowest BCUT2D eigenvalue weighted by Gasteiger charge is -2.27. The molecule has 0 aliphatic carbocycles. The zero-order chi connectivity index (χ0) is 19.2. The largest absolute Gasteiger partial charge is 0.494 e. The minimum Gasteiger partial charge on any atom is -0.494 e. The first-order chi connectivity index (χ1) is 13.1. The maximum atomic E-state index is 12.9. The fourth-order valence-corrected chi connectivity index (χ4v) is 3.35. The summed E-state index contributed by atoms with van der Waals surface area (Å²) in [4.78, 5) is 27.4. The molecule has 1 aliphatic rings. The molecule has 2 amide bonds. The lowest BCUT2D eigenvalue weighted by molar-refractivity contribution is 0.0725. The molecule has 3 rings (SSSR count). The van der Waals surface area contributed by atoms with Crippen molar-refractivity contribution < 1.29 is 14.3 Å². The molecule has 1 aliphatic heterocycles. The van der Waals surface area contributed by atoms with Gasteiger partial charge >= 0.3 is 0 Å². The molecule has 5 heteroatoms. The monoisotopic (exact) mass is 366 g/mol. The number of amides is 2. The van der Waals surface area contributed by atoms with Gasteiger partial charge in [-0.05, 0) is 69.0 Å². The number of carbonyl (C=O) groups is 2. The number of nitrogens with zero attached hydrogens (tertiary/aromatic N) is 1. The predicted molar refractivity (Wildman–Crippen MR) is 106 cm³/mol. The van der Waals surface area contributed by atoms with Crippen LogP contribution < -0.4 is 10.1 Å². The van der Waals surface area contributed by atoms with Crippen LogP contribution in [0.3, 0.4) is 0 Å². The van der Waals surface area contributed by atoms with Gasteiger partial charge in [-0.25, -0.2) is 0 Å². The van der Waals surface area contributed by atoms with E-state index in [1.54, 1.807) is 30.3 Å². The number of hydrogen-bond acceptors (Lipinski definition) is 3. The molecule has 1 heterocycles. The summed E-state index contributed by atoms with van der Waals surface area (Å²) in [6.45, 7) is 5.97. The second-order valence-corrected chi connectivity index (χ2v) is 6.77. The third kappa shape index (κ3) is 4.48. The first-order valence-electron chi connectivity index (χ1n) is 9.53. The second-order valence-electron chi connectivity index (χ2n) is 6.77. The van der Waals surface area contributed by atoms with Crippen molar-refractivity contribution in [3.05, 3.63) is 59.2 Å². The Hall–Kier alpha value is -2.82. The lowest BCUT2D eigenvalue weighted by atomic mass is 10.1. The van der Waals surface area contributed by atoms with Crippen molar-refractivity contribution in [2.45, 2.75) is 33.1 Å². The topological polar surface area (TPSA) is 58.6 Å². The molecule has 142 valence electrons. The molecule has 0 unspecified atom stereocenters. The van der Waals surface area contributed by atoms with Crippen LogP contribution in [0.15, 0.2) is 42.5 Å². The number of nitrogens with one attached hydrogen (secondary N) is 1. The molecule has 2 aromatic carbocycles. The summed E-state index contributed by atoms with van der Waals surface area (Å²) in [7, 11) is 0. The van der Waals surface area contributed by atoms with E-state index in [4.69, 9.17) is 4.74 Å². The number of piperidine rings is 1. The van der Waals surface area contributed by atoms with Crippen molar-refractivity contribution in [2.24, 2.45) is 0 Å². The Morgan fingerprint density at radius 3 is 2.52 bits per heavy atom. The number of para-hydroxylation sites is 1. The Morgan fingerprint density at radius 1 is 1.07 bits per heavy atom. The average molecular weight is 366 g/mol. The van der Waals surface area contributed by atoms with Crippen LogP contribution in [-0.4, -0.2) is 36.4 Å². The van der Waals surface area contributed by atoms with Crippen molar-refractivity contribution in [3.63, 3.8) is 0 Å². The van der Waals surface area contributed by atoms with E-state index in [-0.39, 0.29) is 11.8 Å². The summed E-state index contributed by atoms with van der Waals surface area (Å²) in [6.07, 6.45) is 3.23. The van der Waals surface area contributed by atoms with Crippen molar-refractivity contribution >= 4 is 17.5 Å². The lowest BCUT2D eigenvalue weighted by Crippen LogP contribution is -2.36. The quantitative estimate of drug-likeness (QED) is 0.860. The van der Waals surface area contributed by atoms with Crippen molar-refractivity contribution in [2.75, 3.05) is 25.0 Å². The average Bonchev–Trinajstić information content (AvgIpc) is 2.70. The summed E-state index contributed by atoms with van der Waals surface area (Å²) >= 11 is 0. The van der Waals surface area contributed by atoms with E-state index in [0.717, 1.165) is 37.2 Å². The molecule has 0 spiro atoms. The van der Waals surface area contributed by atoms with Crippen LogP contribution in [0.1, 0.15) is 52.5 Å². The third-order valence-corrected chi connectivity index (χ3v) is 4.79. The molecular formula is C22H26N2O3. The fraction of sp³-hybridized carbons (Fsp3) is 0.364. The first-order valence-corrected chi connectivity index (χ1v) is 9.53. The number of hydrogen-bond donors (Lipinski definition) is 1. The van der Waals surface area contributed by atoms with Gasteiger partial charge in [-0.1, -0.05) is 12.1 Å². The predicted octanol–water partition coefficient (Wildman–Crippen LogP) is 4.27. The number of likely N-dealkylation sites (tertiary alicyclic amines) is 1. The van der Waals surface area contributed by atoms with Crippen LogP contribution in [-0.2, 0) is 0 Å². The van der Waals surface area contributed by atoms with E-state index in [9.17, 15) is 9.59 Å². The molecule has 5 nitrogen and oxygen atoms in total. The van der Waals surface area contributed by atoms with Crippen LogP contribution >= 0.6 is 0 Å². The Kier molecular flexibility index (Phi) is 6.12. The Balaban J connectivity index is 1.78. The van der Waals surface area contributed by atoms with Crippen LogP contribution in [0.4, 0.5) is 5.69 Å². The first kappa shape index (κ1) is 19.0. The van der Waals surface area contributed by atoms with Gasteiger partial charge in [0.1, 0.15) is 5.75 Å². The van der Waals surface area contributed by atoms with Crippen molar-refractivity contribution in [1.29, 1.82) is 0 Å². The third-order valence-electron chi connectivity index (χ3n) is 4.79. The number of carbonyl (C=O) groups excluding carboxylic acids is 2. The number of ether oxygens (including phenoxy) is 1. The van der Waals surface area contributed by atoms with Gasteiger partial charge in [0.2, 0.25) is 0 Å². The van der Waals surface area contributed by atoms with E-state index in [1.165, 1.54) is 6.42 Å². The fourth-order valence-electron chi connectivity index (χ4n) is 3.35. The molecular weight excluding hydrogens is 340 g/mol. The smallest absolute Gasteiger partial charge is 0.255 e. The highest BCUT2D eigenvalue weighted by molar-refractivity contribution is 6.09. The van der Waals surface area contributed by atoms with Gasteiger partial charge in [0.25, 0.3) is 11.8 Å². The summed E-state index contributed by atoms with van der Waals surface area (Å²) in [5.41, 5.74) is 2.53. The van der Waals surface area contributed by atoms with Gasteiger partial charge in [-0.15, -0.1) is 0 Å². The molecule has 0 atom stereocenters. The van der Waals surface area contributed by atoms with Crippen molar-refractivity contribution in [1.82, 2.24) is 4.90 Å². The minimum atomic E-state index is -0.236. The number of anilines is 1. The van der Waals surface area contributed by atoms with E-state index in [1.807, 2.05) is 30.9 Å². The summed E-state index contributed by atoms with van der Waals surface area (Å²) < 4.78 is 5.53. The molecule has 0 bridgehead atoms. The summed E-state index contributed by atoms with van der Waals surface area (Å²) in [5.74, 6) is 0.517. The maximum Gasteiger partial charge on any atom is 0.255 e. The van der Waals surface area contributed by atoms with Gasteiger partial charge in [0.15, 0.2) is 0 Å². The van der Waals surface area contributed by atoms with Gasteiger partial charge in [0.05, 0.1) is 17.9 Å². The van der Waals surface area contributed by atoms with Crippen LogP contribution in [0.5, 0.6) is 5.75 Å². The van der Waals surface area contributed by atoms with Gasteiger partial charge in [-0.3, -0.25) is 9.59 Å². The normalized spacial score (nSPS) is 13.9. The summed E-state index contributed by atoms with van der Waals surface area (Å²) in [6, 6.07) is 12.5. The standard InChI is InChI=1S/C22H26N2O3/c1-3-27-20-12-11-17(15-16(20)2)21(25)23-19-10-6-5-9-18(19)22(26)24-13-7-4-8-14-24/h5-6,9-12,15H,3-4,7-8,13-14H2,1-2H3,(H,23,25). The molecule has 1 saturated heterocycles.